The fraction of sp³-hybridized carbons (Fsp3) is 0.700. The fourth-order valence-corrected chi connectivity index (χ4v) is 1.53. The molecule has 2 heteroatoms. The maximum absolute atomic E-state index is 11.3. The lowest BCUT2D eigenvalue weighted by Gasteiger charge is -2.21. The van der Waals surface area contributed by atoms with Gasteiger partial charge in [0, 0.05) is 6.42 Å². The van der Waals surface area contributed by atoms with Crippen LogP contribution in [0.2, 0.25) is 0 Å². The van der Waals surface area contributed by atoms with Gasteiger partial charge in [-0.3, -0.25) is 4.79 Å². The third kappa shape index (κ3) is 2.78. The lowest BCUT2D eigenvalue weighted by molar-refractivity contribution is -0.116. The molecule has 1 N–H and O–H groups in total. The molecule has 0 saturated carbocycles. The summed E-state index contributed by atoms with van der Waals surface area (Å²) in [5.41, 5.74) is 0.695. The van der Waals surface area contributed by atoms with Crippen LogP contribution < -0.4 is 5.32 Å². The van der Waals surface area contributed by atoms with E-state index in [4.69, 9.17) is 0 Å². The topological polar surface area (TPSA) is 29.1 Å². The number of Topliss-reactive ketones (excluding diaryl/α,β-unsaturated/α-hetero) is 1. The van der Waals surface area contributed by atoms with Crippen LogP contribution >= 0.6 is 0 Å². The Kier molecular flexibility index (Phi) is 3.48. The second kappa shape index (κ2) is 4.41. The average Bonchev–Trinajstić information content (AvgIpc) is 2.06. The van der Waals surface area contributed by atoms with Crippen molar-refractivity contribution in [1.29, 1.82) is 0 Å². The zero-order valence-electron chi connectivity index (χ0n) is 7.73. The molecule has 0 bridgehead atoms. The van der Waals surface area contributed by atoms with Crippen LogP contribution in [0.3, 0.4) is 0 Å². The summed E-state index contributed by atoms with van der Waals surface area (Å²) >= 11 is 0. The monoisotopic (exact) mass is 167 g/mol. The second-order valence-electron chi connectivity index (χ2n) is 3.62. The molecular weight excluding hydrogens is 150 g/mol. The number of hydrogen-bond donors (Lipinski definition) is 1. The minimum Gasteiger partial charge on any atom is -0.316 e. The quantitative estimate of drug-likeness (QED) is 0.646. The van der Waals surface area contributed by atoms with Gasteiger partial charge in [0.05, 0.1) is 0 Å². The average molecular weight is 167 g/mol. The molecule has 2 nitrogen and oxygen atoms in total. The Balaban J connectivity index is 2.29. The van der Waals surface area contributed by atoms with E-state index < -0.39 is 0 Å². The highest BCUT2D eigenvalue weighted by Gasteiger charge is 2.16. The van der Waals surface area contributed by atoms with Crippen molar-refractivity contribution >= 4 is 5.78 Å². The molecule has 1 aliphatic rings. The Bertz CT molecular complexity index is 180. The Morgan fingerprint density at radius 2 is 2.42 bits per heavy atom. The number of ketones is 1. The first-order valence-electron chi connectivity index (χ1n) is 4.59. The number of allylic oxidation sites excluding steroid dienone is 1. The molecule has 1 atom stereocenters. The third-order valence-electron chi connectivity index (χ3n) is 2.35. The Hall–Kier alpha value is -0.630. The van der Waals surface area contributed by atoms with E-state index in [0.717, 1.165) is 13.1 Å². The molecule has 1 aliphatic heterocycles. The van der Waals surface area contributed by atoms with Gasteiger partial charge in [0.2, 0.25) is 0 Å². The molecule has 1 rings (SSSR count). The Morgan fingerprint density at radius 3 is 2.92 bits per heavy atom. The van der Waals surface area contributed by atoms with Gasteiger partial charge in [-0.05, 0) is 44.3 Å². The van der Waals surface area contributed by atoms with Gasteiger partial charge in [-0.1, -0.05) is 6.58 Å². The molecule has 0 aromatic carbocycles. The first-order valence-corrected chi connectivity index (χ1v) is 4.59. The highest BCUT2D eigenvalue weighted by molar-refractivity contribution is 5.94. The van der Waals surface area contributed by atoms with Crippen molar-refractivity contribution in [2.75, 3.05) is 13.1 Å². The van der Waals surface area contributed by atoms with Crippen LogP contribution in [0.5, 0.6) is 0 Å². The summed E-state index contributed by atoms with van der Waals surface area (Å²) in [7, 11) is 0. The van der Waals surface area contributed by atoms with E-state index in [9.17, 15) is 4.79 Å². The van der Waals surface area contributed by atoms with Gasteiger partial charge in [0.15, 0.2) is 5.78 Å². The number of rotatable bonds is 3. The van der Waals surface area contributed by atoms with Gasteiger partial charge in [0.1, 0.15) is 0 Å². The van der Waals surface area contributed by atoms with Gasteiger partial charge in [-0.2, -0.15) is 0 Å². The summed E-state index contributed by atoms with van der Waals surface area (Å²) < 4.78 is 0. The summed E-state index contributed by atoms with van der Waals surface area (Å²) in [6.07, 6.45) is 3.07. The molecule has 0 amide bonds. The van der Waals surface area contributed by atoms with Gasteiger partial charge in [0.25, 0.3) is 0 Å². The number of carbonyl (C=O) groups is 1. The molecule has 12 heavy (non-hydrogen) atoms. The lowest BCUT2D eigenvalue weighted by atomic mass is 9.92. The summed E-state index contributed by atoms with van der Waals surface area (Å²) in [4.78, 5) is 11.3. The zero-order valence-corrected chi connectivity index (χ0v) is 7.73. The predicted octanol–water partition coefficient (Wildman–Crippen LogP) is 1.52. The predicted molar refractivity (Wildman–Crippen MR) is 50.0 cm³/mol. The second-order valence-corrected chi connectivity index (χ2v) is 3.62. The molecule has 1 saturated heterocycles. The third-order valence-corrected chi connectivity index (χ3v) is 2.35. The van der Waals surface area contributed by atoms with Crippen LogP contribution in [0, 0.1) is 5.92 Å². The smallest absolute Gasteiger partial charge is 0.158 e. The first kappa shape index (κ1) is 9.46. The van der Waals surface area contributed by atoms with Gasteiger partial charge >= 0.3 is 0 Å². The molecule has 1 fully saturated rings. The molecule has 68 valence electrons. The Labute approximate surface area is 74.0 Å². The van der Waals surface area contributed by atoms with Crippen molar-refractivity contribution in [3.05, 3.63) is 12.2 Å². The van der Waals surface area contributed by atoms with Crippen molar-refractivity contribution in [3.8, 4) is 0 Å². The number of hydrogen-bond acceptors (Lipinski definition) is 2. The van der Waals surface area contributed by atoms with Crippen LogP contribution in [0.15, 0.2) is 12.2 Å². The van der Waals surface area contributed by atoms with Crippen molar-refractivity contribution < 1.29 is 4.79 Å². The van der Waals surface area contributed by atoms with Gasteiger partial charge in [-0.25, -0.2) is 0 Å². The van der Waals surface area contributed by atoms with Crippen LogP contribution in [0.25, 0.3) is 0 Å². The molecule has 0 aliphatic carbocycles. The summed E-state index contributed by atoms with van der Waals surface area (Å²) in [6.45, 7) is 7.55. The maximum Gasteiger partial charge on any atom is 0.158 e. The lowest BCUT2D eigenvalue weighted by Crippen LogP contribution is -2.31. The maximum atomic E-state index is 11.3. The minimum atomic E-state index is 0.226. The van der Waals surface area contributed by atoms with Crippen molar-refractivity contribution in [2.24, 2.45) is 5.92 Å². The van der Waals surface area contributed by atoms with Crippen LogP contribution in [0.4, 0.5) is 0 Å². The first-order chi connectivity index (χ1) is 5.70. The van der Waals surface area contributed by atoms with Gasteiger partial charge < -0.3 is 5.32 Å². The van der Waals surface area contributed by atoms with Crippen molar-refractivity contribution in [3.63, 3.8) is 0 Å². The summed E-state index contributed by atoms with van der Waals surface area (Å²) in [6, 6.07) is 0. The van der Waals surface area contributed by atoms with E-state index in [1.807, 2.05) is 0 Å². The van der Waals surface area contributed by atoms with Crippen molar-refractivity contribution in [2.45, 2.75) is 26.2 Å². The van der Waals surface area contributed by atoms with Crippen molar-refractivity contribution in [1.82, 2.24) is 5.32 Å². The van der Waals surface area contributed by atoms with E-state index in [0.29, 0.717) is 17.9 Å². The molecular formula is C10H17NO. The highest BCUT2D eigenvalue weighted by Crippen LogP contribution is 2.15. The number of carbonyl (C=O) groups excluding carboxylic acids is 1. The number of piperidine rings is 1. The van der Waals surface area contributed by atoms with Crippen LogP contribution in [-0.4, -0.2) is 18.9 Å². The standard InChI is InChI=1S/C10H17NO/c1-8(2)10(12)6-9-4-3-5-11-7-9/h9,11H,1,3-7H2,2H3. The number of nitrogens with one attached hydrogen (secondary N) is 1. The molecule has 0 aromatic rings. The van der Waals surface area contributed by atoms with Crippen LogP contribution in [0.1, 0.15) is 26.2 Å². The summed E-state index contributed by atoms with van der Waals surface area (Å²) in [5, 5.41) is 3.30. The minimum absolute atomic E-state index is 0.226. The molecule has 0 spiro atoms. The normalized spacial score (nSPS) is 23.6. The summed E-state index contributed by atoms with van der Waals surface area (Å²) in [5.74, 6) is 0.770. The molecule has 0 radical (unpaired) electrons. The fourth-order valence-electron chi connectivity index (χ4n) is 1.53. The Morgan fingerprint density at radius 1 is 1.67 bits per heavy atom. The van der Waals surface area contributed by atoms with E-state index in [1.165, 1.54) is 12.8 Å². The molecule has 1 unspecified atom stereocenters. The molecule has 0 aromatic heterocycles. The highest BCUT2D eigenvalue weighted by atomic mass is 16.1. The van der Waals surface area contributed by atoms with E-state index in [1.54, 1.807) is 6.92 Å². The van der Waals surface area contributed by atoms with E-state index in [-0.39, 0.29) is 5.78 Å². The largest absolute Gasteiger partial charge is 0.316 e. The van der Waals surface area contributed by atoms with E-state index in [2.05, 4.69) is 11.9 Å². The van der Waals surface area contributed by atoms with Gasteiger partial charge in [-0.15, -0.1) is 0 Å². The zero-order chi connectivity index (χ0) is 8.97. The molecule has 1 heterocycles. The van der Waals surface area contributed by atoms with Crippen LogP contribution in [-0.2, 0) is 4.79 Å². The SMILES string of the molecule is C=C(C)C(=O)CC1CCCNC1. The van der Waals surface area contributed by atoms with E-state index >= 15 is 0 Å².